The lowest BCUT2D eigenvalue weighted by Gasteiger charge is -2.33. The summed E-state index contributed by atoms with van der Waals surface area (Å²) in [6, 6.07) is 6.91. The number of piperidine rings is 1. The van der Waals surface area contributed by atoms with Crippen LogP contribution in [0.2, 0.25) is 0 Å². The van der Waals surface area contributed by atoms with Gasteiger partial charge in [0, 0.05) is 38.4 Å². The van der Waals surface area contributed by atoms with Gasteiger partial charge in [0.05, 0.1) is 11.1 Å². The monoisotopic (exact) mass is 340 g/mol. The highest BCUT2D eigenvalue weighted by Gasteiger charge is 2.26. The van der Waals surface area contributed by atoms with Crippen LogP contribution in [-0.4, -0.2) is 52.0 Å². The van der Waals surface area contributed by atoms with E-state index in [-0.39, 0.29) is 17.4 Å². The van der Waals surface area contributed by atoms with Crippen LogP contribution in [0.5, 0.6) is 0 Å². The molecule has 2 heterocycles. The van der Waals surface area contributed by atoms with Gasteiger partial charge >= 0.3 is 5.97 Å². The van der Waals surface area contributed by atoms with Gasteiger partial charge in [-0.25, -0.2) is 14.8 Å². The molecule has 1 aromatic carbocycles. The molecule has 1 fully saturated rings. The third kappa shape index (κ3) is 3.76. The zero-order valence-corrected chi connectivity index (χ0v) is 14.0. The number of aromatic nitrogens is 2. The van der Waals surface area contributed by atoms with E-state index in [1.165, 1.54) is 12.4 Å². The summed E-state index contributed by atoms with van der Waals surface area (Å²) in [4.78, 5) is 33.6. The van der Waals surface area contributed by atoms with Crippen molar-refractivity contribution in [3.8, 4) is 0 Å². The molecule has 3 rings (SSSR count). The number of likely N-dealkylation sites (tertiary alicyclic amines) is 1. The van der Waals surface area contributed by atoms with Crippen LogP contribution in [0.25, 0.3) is 0 Å². The second-order valence-electron chi connectivity index (χ2n) is 6.06. The molecular weight excluding hydrogens is 320 g/mol. The number of rotatable bonds is 4. The van der Waals surface area contributed by atoms with Gasteiger partial charge < -0.3 is 15.3 Å². The Labute approximate surface area is 145 Å². The predicted molar refractivity (Wildman–Crippen MR) is 92.9 cm³/mol. The number of carbonyl (C=O) groups excluding carboxylic acids is 1. The fourth-order valence-electron chi connectivity index (χ4n) is 3.08. The van der Waals surface area contributed by atoms with Crippen molar-refractivity contribution in [3.05, 3.63) is 53.3 Å². The van der Waals surface area contributed by atoms with Gasteiger partial charge in [0.2, 0.25) is 5.95 Å². The van der Waals surface area contributed by atoms with Crippen LogP contribution in [0.1, 0.15) is 45.0 Å². The molecule has 1 saturated heterocycles. The highest BCUT2D eigenvalue weighted by molar-refractivity contribution is 5.93. The van der Waals surface area contributed by atoms with E-state index in [0.29, 0.717) is 24.6 Å². The molecular formula is C18H20N4O3. The fourth-order valence-corrected chi connectivity index (χ4v) is 3.08. The van der Waals surface area contributed by atoms with Gasteiger partial charge in [0.15, 0.2) is 0 Å². The van der Waals surface area contributed by atoms with E-state index >= 15 is 0 Å². The smallest absolute Gasteiger partial charge is 0.335 e. The van der Waals surface area contributed by atoms with Crippen molar-refractivity contribution in [2.45, 2.75) is 18.8 Å². The third-order valence-corrected chi connectivity index (χ3v) is 4.46. The number of aromatic carboxylic acids is 1. The Kier molecular flexibility index (Phi) is 4.92. The molecule has 1 atom stereocenters. The van der Waals surface area contributed by atoms with Crippen molar-refractivity contribution in [2.75, 3.05) is 25.5 Å². The molecule has 2 N–H and O–H groups in total. The average Bonchev–Trinajstić information content (AvgIpc) is 2.67. The van der Waals surface area contributed by atoms with Gasteiger partial charge in [-0.2, -0.15) is 0 Å². The first-order chi connectivity index (χ1) is 12.1. The highest BCUT2D eigenvalue weighted by Crippen LogP contribution is 2.28. The minimum Gasteiger partial charge on any atom is -0.478 e. The molecule has 0 bridgehead atoms. The molecule has 0 radical (unpaired) electrons. The first-order valence-electron chi connectivity index (χ1n) is 8.21. The summed E-state index contributed by atoms with van der Waals surface area (Å²) in [7, 11) is 1.72. The lowest BCUT2D eigenvalue weighted by atomic mass is 9.90. The standard InChI is InChI=1S/C18H20N4O3/c1-19-18-20-9-15(10-21-18)16(23)22-8-2-3-14(11-22)12-4-6-13(7-5-12)17(24)25/h4-7,9-10,14H,2-3,8,11H2,1H3,(H,24,25)(H,19,20,21). The topological polar surface area (TPSA) is 95.4 Å². The van der Waals surface area contributed by atoms with Crippen molar-refractivity contribution in [2.24, 2.45) is 0 Å². The molecule has 130 valence electrons. The van der Waals surface area contributed by atoms with E-state index < -0.39 is 5.97 Å². The summed E-state index contributed by atoms with van der Waals surface area (Å²) in [6.07, 6.45) is 4.96. The lowest BCUT2D eigenvalue weighted by Crippen LogP contribution is -2.39. The second-order valence-corrected chi connectivity index (χ2v) is 6.06. The SMILES string of the molecule is CNc1ncc(C(=O)N2CCCC(c3ccc(C(=O)O)cc3)C2)cn1. The number of amides is 1. The van der Waals surface area contributed by atoms with Crippen molar-refractivity contribution in [3.63, 3.8) is 0 Å². The summed E-state index contributed by atoms with van der Waals surface area (Å²) < 4.78 is 0. The van der Waals surface area contributed by atoms with Crippen LogP contribution in [0.3, 0.4) is 0 Å². The molecule has 0 aliphatic carbocycles. The Hall–Kier alpha value is -2.96. The summed E-state index contributed by atoms with van der Waals surface area (Å²) >= 11 is 0. The normalized spacial score (nSPS) is 17.2. The number of benzene rings is 1. The van der Waals surface area contributed by atoms with E-state index in [2.05, 4.69) is 15.3 Å². The zero-order chi connectivity index (χ0) is 17.8. The molecule has 1 amide bonds. The third-order valence-electron chi connectivity index (χ3n) is 4.46. The highest BCUT2D eigenvalue weighted by atomic mass is 16.4. The molecule has 1 unspecified atom stereocenters. The van der Waals surface area contributed by atoms with Crippen molar-refractivity contribution in [1.82, 2.24) is 14.9 Å². The van der Waals surface area contributed by atoms with E-state index in [9.17, 15) is 9.59 Å². The number of anilines is 1. The number of hydrogen-bond acceptors (Lipinski definition) is 5. The van der Waals surface area contributed by atoms with Gasteiger partial charge in [-0.3, -0.25) is 4.79 Å². The Bertz CT molecular complexity index is 759. The summed E-state index contributed by atoms with van der Waals surface area (Å²) in [5.41, 5.74) is 1.81. The van der Waals surface area contributed by atoms with Gasteiger partial charge in [-0.1, -0.05) is 12.1 Å². The summed E-state index contributed by atoms with van der Waals surface area (Å²) in [5, 5.41) is 11.8. The van der Waals surface area contributed by atoms with Gasteiger partial charge in [0.25, 0.3) is 5.91 Å². The first-order valence-corrected chi connectivity index (χ1v) is 8.21. The molecule has 1 aliphatic heterocycles. The number of carboxylic acids is 1. The Balaban J connectivity index is 1.71. The van der Waals surface area contributed by atoms with E-state index in [1.807, 2.05) is 17.0 Å². The molecule has 1 aromatic heterocycles. The molecule has 2 aromatic rings. The van der Waals surface area contributed by atoms with Crippen LogP contribution >= 0.6 is 0 Å². The number of carboxylic acid groups (broad SMARTS) is 1. The molecule has 7 nitrogen and oxygen atoms in total. The minimum atomic E-state index is -0.933. The number of nitrogens with one attached hydrogen (secondary N) is 1. The van der Waals surface area contributed by atoms with E-state index in [1.54, 1.807) is 19.2 Å². The maximum atomic E-state index is 12.7. The van der Waals surface area contributed by atoms with Gasteiger partial charge in [0.1, 0.15) is 0 Å². The van der Waals surface area contributed by atoms with Crippen LogP contribution < -0.4 is 5.32 Å². The fraction of sp³-hybridized carbons (Fsp3) is 0.333. The largest absolute Gasteiger partial charge is 0.478 e. The Morgan fingerprint density at radius 1 is 1.16 bits per heavy atom. The molecule has 25 heavy (non-hydrogen) atoms. The van der Waals surface area contributed by atoms with Gasteiger partial charge in [-0.15, -0.1) is 0 Å². The van der Waals surface area contributed by atoms with Crippen LogP contribution in [-0.2, 0) is 0 Å². The zero-order valence-electron chi connectivity index (χ0n) is 14.0. The molecule has 1 aliphatic rings. The number of hydrogen-bond donors (Lipinski definition) is 2. The minimum absolute atomic E-state index is 0.0745. The van der Waals surface area contributed by atoms with Crippen LogP contribution in [0.4, 0.5) is 5.95 Å². The Morgan fingerprint density at radius 3 is 2.44 bits per heavy atom. The maximum Gasteiger partial charge on any atom is 0.335 e. The maximum absolute atomic E-state index is 12.7. The van der Waals surface area contributed by atoms with Crippen molar-refractivity contribution in [1.29, 1.82) is 0 Å². The number of nitrogens with zero attached hydrogens (tertiary/aromatic N) is 3. The van der Waals surface area contributed by atoms with Crippen molar-refractivity contribution >= 4 is 17.8 Å². The first kappa shape index (κ1) is 16.9. The van der Waals surface area contributed by atoms with Crippen LogP contribution in [0, 0.1) is 0 Å². The van der Waals surface area contributed by atoms with E-state index in [4.69, 9.17) is 5.11 Å². The quantitative estimate of drug-likeness (QED) is 0.886. The second kappa shape index (κ2) is 7.29. The van der Waals surface area contributed by atoms with Crippen molar-refractivity contribution < 1.29 is 14.7 Å². The van der Waals surface area contributed by atoms with E-state index in [0.717, 1.165) is 18.4 Å². The predicted octanol–water partition coefficient (Wildman–Crippen LogP) is 2.24. The van der Waals surface area contributed by atoms with Gasteiger partial charge in [-0.05, 0) is 30.5 Å². The Morgan fingerprint density at radius 2 is 1.84 bits per heavy atom. The molecule has 0 saturated carbocycles. The average molecular weight is 340 g/mol. The summed E-state index contributed by atoms with van der Waals surface area (Å²) in [5.74, 6) is -0.323. The molecule has 0 spiro atoms. The lowest BCUT2D eigenvalue weighted by molar-refractivity contribution is 0.0693. The summed E-state index contributed by atoms with van der Waals surface area (Å²) in [6.45, 7) is 1.31. The number of carbonyl (C=O) groups is 2. The van der Waals surface area contributed by atoms with Crippen LogP contribution in [0.15, 0.2) is 36.7 Å². The molecule has 7 heteroatoms.